The van der Waals surface area contributed by atoms with Crippen LogP contribution in [-0.4, -0.2) is 41.8 Å². The largest absolute Gasteiger partial charge is 0.387 e. The predicted molar refractivity (Wildman–Crippen MR) is 80.0 cm³/mol. The summed E-state index contributed by atoms with van der Waals surface area (Å²) >= 11 is 5.99. The fourth-order valence-corrected chi connectivity index (χ4v) is 3.66. The van der Waals surface area contributed by atoms with Crippen LogP contribution in [0.1, 0.15) is 37.4 Å². The lowest BCUT2D eigenvalue weighted by molar-refractivity contribution is -0.111. The second kappa shape index (κ2) is 6.02. The molecule has 1 aliphatic carbocycles. The Balaban J connectivity index is 1.62. The van der Waals surface area contributed by atoms with Gasteiger partial charge in [-0.25, -0.2) is 0 Å². The summed E-state index contributed by atoms with van der Waals surface area (Å²) in [4.78, 5) is 2.33. The van der Waals surface area contributed by atoms with Gasteiger partial charge in [0.1, 0.15) is 0 Å². The number of hydrogen-bond donors (Lipinski definition) is 1. The fraction of sp³-hybridized carbons (Fsp3) is 0.625. The lowest BCUT2D eigenvalue weighted by atomic mass is 9.99. The zero-order valence-corrected chi connectivity index (χ0v) is 12.5. The molecule has 1 N–H and O–H groups in total. The normalized spacial score (nSPS) is 24.1. The Labute approximate surface area is 125 Å². The number of morpholine rings is 1. The molecule has 4 heteroatoms. The second-order valence-electron chi connectivity index (χ2n) is 6.04. The highest BCUT2D eigenvalue weighted by molar-refractivity contribution is 6.30. The highest BCUT2D eigenvalue weighted by atomic mass is 35.5. The third kappa shape index (κ3) is 3.17. The molecule has 110 valence electrons. The summed E-state index contributed by atoms with van der Waals surface area (Å²) in [6.45, 7) is 3.29. The van der Waals surface area contributed by atoms with E-state index in [4.69, 9.17) is 16.3 Å². The van der Waals surface area contributed by atoms with Crippen LogP contribution in [0.3, 0.4) is 0 Å². The molecule has 1 unspecified atom stereocenters. The second-order valence-corrected chi connectivity index (χ2v) is 6.48. The van der Waals surface area contributed by atoms with E-state index in [9.17, 15) is 5.11 Å². The first kappa shape index (κ1) is 14.3. The zero-order valence-electron chi connectivity index (χ0n) is 11.7. The van der Waals surface area contributed by atoms with Crippen molar-refractivity contribution in [3.8, 4) is 0 Å². The van der Waals surface area contributed by atoms with Gasteiger partial charge >= 0.3 is 0 Å². The highest BCUT2D eigenvalue weighted by Crippen LogP contribution is 2.36. The van der Waals surface area contributed by atoms with Gasteiger partial charge in [0.15, 0.2) is 0 Å². The molecule has 1 aromatic rings. The third-order valence-electron chi connectivity index (χ3n) is 4.51. The molecule has 2 fully saturated rings. The van der Waals surface area contributed by atoms with E-state index in [2.05, 4.69) is 4.90 Å². The van der Waals surface area contributed by atoms with Crippen LogP contribution in [0.25, 0.3) is 0 Å². The van der Waals surface area contributed by atoms with Crippen molar-refractivity contribution in [1.29, 1.82) is 0 Å². The van der Waals surface area contributed by atoms with Gasteiger partial charge < -0.3 is 9.84 Å². The maximum atomic E-state index is 10.4. The SMILES string of the molecule is OC(CN1CCOC2(CCCC2)C1)c1cccc(Cl)c1. The van der Waals surface area contributed by atoms with Gasteiger partial charge in [0.2, 0.25) is 0 Å². The molecule has 0 bridgehead atoms. The molecule has 20 heavy (non-hydrogen) atoms. The summed E-state index contributed by atoms with van der Waals surface area (Å²) in [6, 6.07) is 7.50. The van der Waals surface area contributed by atoms with Crippen LogP contribution in [0.2, 0.25) is 5.02 Å². The number of nitrogens with zero attached hydrogens (tertiary/aromatic N) is 1. The number of rotatable bonds is 3. The van der Waals surface area contributed by atoms with Crippen molar-refractivity contribution in [2.45, 2.75) is 37.4 Å². The van der Waals surface area contributed by atoms with E-state index < -0.39 is 6.10 Å². The Morgan fingerprint density at radius 1 is 1.35 bits per heavy atom. The molecule has 1 aromatic carbocycles. The van der Waals surface area contributed by atoms with Gasteiger partial charge in [-0.2, -0.15) is 0 Å². The summed E-state index contributed by atoms with van der Waals surface area (Å²) in [5, 5.41) is 11.1. The quantitative estimate of drug-likeness (QED) is 0.930. The van der Waals surface area contributed by atoms with Gasteiger partial charge in [-0.05, 0) is 30.5 Å². The number of hydrogen-bond acceptors (Lipinski definition) is 3. The van der Waals surface area contributed by atoms with Crippen LogP contribution >= 0.6 is 11.6 Å². The number of benzene rings is 1. The van der Waals surface area contributed by atoms with Gasteiger partial charge in [-0.3, -0.25) is 4.90 Å². The van der Waals surface area contributed by atoms with E-state index in [0.29, 0.717) is 11.6 Å². The number of ether oxygens (including phenoxy) is 1. The average molecular weight is 296 g/mol. The number of aliphatic hydroxyl groups is 1. The minimum Gasteiger partial charge on any atom is -0.387 e. The highest BCUT2D eigenvalue weighted by Gasteiger charge is 2.39. The smallest absolute Gasteiger partial charge is 0.0917 e. The Bertz CT molecular complexity index is 460. The Hall–Kier alpha value is -0.610. The molecular weight excluding hydrogens is 274 g/mol. The summed E-state index contributed by atoms with van der Waals surface area (Å²) in [5.41, 5.74) is 0.955. The van der Waals surface area contributed by atoms with Crippen LogP contribution in [0.5, 0.6) is 0 Å². The molecule has 2 aliphatic rings. The van der Waals surface area contributed by atoms with Crippen molar-refractivity contribution >= 4 is 11.6 Å². The van der Waals surface area contributed by atoms with Crippen molar-refractivity contribution in [3.63, 3.8) is 0 Å². The van der Waals surface area contributed by atoms with E-state index in [-0.39, 0.29) is 5.60 Å². The molecule has 3 nitrogen and oxygen atoms in total. The van der Waals surface area contributed by atoms with Crippen LogP contribution in [-0.2, 0) is 4.74 Å². The molecule has 1 saturated carbocycles. The molecule has 0 aromatic heterocycles. The summed E-state index contributed by atoms with van der Waals surface area (Å²) in [7, 11) is 0. The predicted octanol–water partition coefficient (Wildman–Crippen LogP) is 3.02. The first-order valence-electron chi connectivity index (χ1n) is 7.47. The maximum absolute atomic E-state index is 10.4. The molecule has 1 heterocycles. The van der Waals surface area contributed by atoms with Crippen molar-refractivity contribution in [1.82, 2.24) is 4.90 Å². The lowest BCUT2D eigenvalue weighted by Gasteiger charge is -2.41. The van der Waals surface area contributed by atoms with Crippen LogP contribution in [0, 0.1) is 0 Å². The van der Waals surface area contributed by atoms with E-state index in [1.807, 2.05) is 24.3 Å². The standard InChI is InChI=1S/C16H22ClNO2/c17-14-5-3-4-13(10-14)15(19)11-18-8-9-20-16(12-18)6-1-2-7-16/h3-5,10,15,19H,1-2,6-9,11-12H2. The Morgan fingerprint density at radius 3 is 2.90 bits per heavy atom. The Kier molecular flexibility index (Phi) is 4.32. The zero-order chi connectivity index (χ0) is 14.0. The van der Waals surface area contributed by atoms with Gasteiger partial charge in [0.05, 0.1) is 18.3 Å². The van der Waals surface area contributed by atoms with Crippen LogP contribution in [0.15, 0.2) is 24.3 Å². The van der Waals surface area contributed by atoms with E-state index in [1.54, 1.807) is 0 Å². The lowest BCUT2D eigenvalue weighted by Crippen LogP contribution is -2.51. The molecule has 1 saturated heterocycles. The maximum Gasteiger partial charge on any atom is 0.0917 e. The summed E-state index contributed by atoms with van der Waals surface area (Å²) in [5.74, 6) is 0. The van der Waals surface area contributed by atoms with Crippen molar-refractivity contribution in [2.24, 2.45) is 0 Å². The van der Waals surface area contributed by atoms with Gasteiger partial charge in [-0.15, -0.1) is 0 Å². The third-order valence-corrected chi connectivity index (χ3v) is 4.74. The van der Waals surface area contributed by atoms with Crippen LogP contribution in [0.4, 0.5) is 0 Å². The number of β-amino-alcohol motifs (C(OH)–C–C–N with tert-alkyl or cyclic N) is 1. The fourth-order valence-electron chi connectivity index (χ4n) is 3.46. The first-order chi connectivity index (χ1) is 9.67. The average Bonchev–Trinajstić information content (AvgIpc) is 2.87. The van der Waals surface area contributed by atoms with Gasteiger partial charge in [0.25, 0.3) is 0 Å². The van der Waals surface area contributed by atoms with Gasteiger partial charge in [-0.1, -0.05) is 36.6 Å². The van der Waals surface area contributed by atoms with Gasteiger partial charge in [0, 0.05) is 24.7 Å². The van der Waals surface area contributed by atoms with E-state index >= 15 is 0 Å². The summed E-state index contributed by atoms with van der Waals surface area (Å²) < 4.78 is 6.02. The molecule has 1 aliphatic heterocycles. The van der Waals surface area contributed by atoms with E-state index in [1.165, 1.54) is 12.8 Å². The molecule has 0 amide bonds. The van der Waals surface area contributed by atoms with Crippen molar-refractivity contribution in [2.75, 3.05) is 26.2 Å². The Morgan fingerprint density at radius 2 is 2.15 bits per heavy atom. The molecule has 1 atom stereocenters. The first-order valence-corrected chi connectivity index (χ1v) is 7.85. The van der Waals surface area contributed by atoms with E-state index in [0.717, 1.165) is 38.1 Å². The summed E-state index contributed by atoms with van der Waals surface area (Å²) in [6.07, 6.45) is 4.38. The molecule has 1 spiro atoms. The minimum atomic E-state index is -0.481. The molecule has 3 rings (SSSR count). The topological polar surface area (TPSA) is 32.7 Å². The van der Waals surface area contributed by atoms with Crippen LogP contribution < -0.4 is 0 Å². The van der Waals surface area contributed by atoms with Crippen molar-refractivity contribution in [3.05, 3.63) is 34.9 Å². The number of halogens is 1. The number of aliphatic hydroxyl groups excluding tert-OH is 1. The monoisotopic (exact) mass is 295 g/mol. The molecular formula is C16H22ClNO2. The minimum absolute atomic E-state index is 0.0618. The van der Waals surface area contributed by atoms with Crippen molar-refractivity contribution < 1.29 is 9.84 Å². The molecule has 0 radical (unpaired) electrons.